The van der Waals surface area contributed by atoms with Crippen LogP contribution in [0.2, 0.25) is 5.02 Å². The number of halogens is 1. The first-order valence-electron chi connectivity index (χ1n) is 7.46. The molecule has 0 fully saturated rings. The van der Waals surface area contributed by atoms with Crippen molar-refractivity contribution in [3.8, 4) is 5.88 Å². The van der Waals surface area contributed by atoms with E-state index in [9.17, 15) is 13.5 Å². The Morgan fingerprint density at radius 2 is 1.92 bits per heavy atom. The van der Waals surface area contributed by atoms with Crippen molar-refractivity contribution >= 4 is 38.7 Å². The van der Waals surface area contributed by atoms with Crippen molar-refractivity contribution in [2.24, 2.45) is 10.1 Å². The number of aromatic nitrogens is 1. The lowest BCUT2D eigenvalue weighted by Crippen LogP contribution is -2.11. The summed E-state index contributed by atoms with van der Waals surface area (Å²) in [7, 11) is -3.67. The second-order valence-corrected chi connectivity index (χ2v) is 7.55. The standard InChI is InChI=1S/C17H16ClN3O3S/c18-12-3-6-14-15(17(22)21-16(14)9-12)10-20-8-7-11-1-4-13(5-2-11)25(19,23)24/h1-6,9-10,21-22H,7-8H2,(H2,19,23,24). The molecule has 6 nitrogen and oxygen atoms in total. The number of benzene rings is 2. The van der Waals surface area contributed by atoms with Gasteiger partial charge in [0.1, 0.15) is 0 Å². The monoisotopic (exact) mass is 377 g/mol. The smallest absolute Gasteiger partial charge is 0.238 e. The number of sulfonamides is 1. The quantitative estimate of drug-likeness (QED) is 0.595. The number of hydrogen-bond acceptors (Lipinski definition) is 4. The predicted octanol–water partition coefficient (Wildman–Crippen LogP) is 2.84. The molecule has 1 aromatic heterocycles. The van der Waals surface area contributed by atoms with Gasteiger partial charge in [-0.25, -0.2) is 13.6 Å². The number of hydrogen-bond donors (Lipinski definition) is 3. The first-order valence-corrected chi connectivity index (χ1v) is 9.39. The Kier molecular flexibility index (Phi) is 4.80. The number of H-pyrrole nitrogens is 1. The number of fused-ring (bicyclic) bond motifs is 1. The van der Waals surface area contributed by atoms with Gasteiger partial charge < -0.3 is 10.1 Å². The number of nitrogens with two attached hydrogens (primary N) is 1. The van der Waals surface area contributed by atoms with Gasteiger partial charge in [0.25, 0.3) is 0 Å². The predicted molar refractivity (Wildman–Crippen MR) is 99.0 cm³/mol. The molecule has 25 heavy (non-hydrogen) atoms. The van der Waals surface area contributed by atoms with Crippen LogP contribution >= 0.6 is 11.6 Å². The van der Waals surface area contributed by atoms with Gasteiger partial charge in [0, 0.05) is 23.2 Å². The van der Waals surface area contributed by atoms with E-state index in [0.717, 1.165) is 16.5 Å². The molecule has 0 saturated heterocycles. The minimum absolute atomic E-state index is 0.0403. The molecule has 2 aromatic carbocycles. The van der Waals surface area contributed by atoms with E-state index in [-0.39, 0.29) is 10.8 Å². The van der Waals surface area contributed by atoms with Crippen molar-refractivity contribution in [1.82, 2.24) is 4.98 Å². The second kappa shape index (κ2) is 6.87. The zero-order valence-electron chi connectivity index (χ0n) is 13.1. The van der Waals surface area contributed by atoms with Crippen molar-refractivity contribution in [1.29, 1.82) is 0 Å². The maximum Gasteiger partial charge on any atom is 0.238 e. The maximum atomic E-state index is 11.2. The summed E-state index contributed by atoms with van der Waals surface area (Å²) >= 11 is 5.93. The van der Waals surface area contributed by atoms with E-state index in [0.29, 0.717) is 23.6 Å². The molecule has 0 radical (unpaired) electrons. The van der Waals surface area contributed by atoms with Crippen LogP contribution < -0.4 is 5.14 Å². The summed E-state index contributed by atoms with van der Waals surface area (Å²) in [6.07, 6.45) is 2.25. The van der Waals surface area contributed by atoms with Crippen molar-refractivity contribution in [2.75, 3.05) is 6.54 Å². The molecule has 130 valence electrons. The molecule has 0 amide bonds. The van der Waals surface area contributed by atoms with Crippen molar-refractivity contribution in [3.63, 3.8) is 0 Å². The lowest BCUT2D eigenvalue weighted by atomic mass is 10.1. The molecule has 1 heterocycles. The second-order valence-electron chi connectivity index (χ2n) is 5.55. The van der Waals surface area contributed by atoms with Gasteiger partial charge in [0.15, 0.2) is 5.88 Å². The number of aromatic hydroxyl groups is 1. The summed E-state index contributed by atoms with van der Waals surface area (Å²) in [5.74, 6) is 0.0403. The Labute approximate surface area is 150 Å². The third-order valence-electron chi connectivity index (χ3n) is 3.78. The Morgan fingerprint density at radius 1 is 1.20 bits per heavy atom. The summed E-state index contributed by atoms with van der Waals surface area (Å²) in [6.45, 7) is 0.494. The highest BCUT2D eigenvalue weighted by Crippen LogP contribution is 2.27. The van der Waals surface area contributed by atoms with E-state index in [4.69, 9.17) is 16.7 Å². The zero-order chi connectivity index (χ0) is 18.0. The molecule has 4 N–H and O–H groups in total. The highest BCUT2D eigenvalue weighted by molar-refractivity contribution is 7.89. The van der Waals surface area contributed by atoms with Gasteiger partial charge in [-0.2, -0.15) is 0 Å². The van der Waals surface area contributed by atoms with E-state index >= 15 is 0 Å². The fourth-order valence-electron chi connectivity index (χ4n) is 2.50. The maximum absolute atomic E-state index is 11.2. The summed E-state index contributed by atoms with van der Waals surface area (Å²) in [4.78, 5) is 7.28. The fraction of sp³-hybridized carbons (Fsp3) is 0.118. The van der Waals surface area contributed by atoms with Crippen molar-refractivity contribution < 1.29 is 13.5 Å². The lowest BCUT2D eigenvalue weighted by molar-refractivity contribution is 0.457. The van der Waals surface area contributed by atoms with Crippen LogP contribution in [0.4, 0.5) is 0 Å². The third kappa shape index (κ3) is 4.01. The minimum Gasteiger partial charge on any atom is -0.494 e. The van der Waals surface area contributed by atoms with Gasteiger partial charge >= 0.3 is 0 Å². The van der Waals surface area contributed by atoms with E-state index in [1.54, 1.807) is 30.5 Å². The molecule has 8 heteroatoms. The Balaban J connectivity index is 1.69. The molecule has 0 aliphatic heterocycles. The molecule has 0 aliphatic carbocycles. The number of nitrogens with one attached hydrogen (secondary N) is 1. The number of nitrogens with zero attached hydrogens (tertiary/aromatic N) is 1. The van der Waals surface area contributed by atoms with Crippen LogP contribution in [0, 0.1) is 0 Å². The third-order valence-corrected chi connectivity index (χ3v) is 4.95. The van der Waals surface area contributed by atoms with Gasteiger partial charge in [-0.05, 0) is 36.2 Å². The highest BCUT2D eigenvalue weighted by Gasteiger charge is 2.09. The van der Waals surface area contributed by atoms with Gasteiger partial charge in [-0.3, -0.25) is 4.99 Å². The van der Waals surface area contributed by atoms with Crippen LogP contribution in [0.25, 0.3) is 10.9 Å². The molecule has 0 saturated carbocycles. The molecule has 0 spiro atoms. The van der Waals surface area contributed by atoms with Crippen LogP contribution in [0.5, 0.6) is 5.88 Å². The van der Waals surface area contributed by atoms with Crippen LogP contribution in [0.15, 0.2) is 52.4 Å². The minimum atomic E-state index is -3.67. The molecular formula is C17H16ClN3O3S. The van der Waals surface area contributed by atoms with E-state index < -0.39 is 10.0 Å². The zero-order valence-corrected chi connectivity index (χ0v) is 14.7. The largest absolute Gasteiger partial charge is 0.494 e. The Hall–Kier alpha value is -2.35. The molecule has 0 bridgehead atoms. The van der Waals surface area contributed by atoms with Crippen LogP contribution in [-0.2, 0) is 16.4 Å². The summed E-state index contributed by atoms with van der Waals surface area (Å²) in [6, 6.07) is 11.7. The Morgan fingerprint density at radius 3 is 2.60 bits per heavy atom. The number of primary sulfonamides is 1. The van der Waals surface area contributed by atoms with E-state index in [1.807, 2.05) is 6.07 Å². The number of rotatable bonds is 5. The molecule has 3 aromatic rings. The lowest BCUT2D eigenvalue weighted by Gasteiger charge is -2.01. The van der Waals surface area contributed by atoms with Crippen LogP contribution in [0.1, 0.15) is 11.1 Å². The van der Waals surface area contributed by atoms with Crippen molar-refractivity contribution in [3.05, 3.63) is 58.6 Å². The SMILES string of the molecule is NS(=O)(=O)c1ccc(CCN=Cc2c(O)[nH]c3cc(Cl)ccc23)cc1. The van der Waals surface area contributed by atoms with Gasteiger partial charge in [0.2, 0.25) is 10.0 Å². The summed E-state index contributed by atoms with van der Waals surface area (Å²) < 4.78 is 22.4. The topological polar surface area (TPSA) is 109 Å². The molecular weight excluding hydrogens is 362 g/mol. The van der Waals surface area contributed by atoms with Crippen LogP contribution in [-0.4, -0.2) is 31.3 Å². The van der Waals surface area contributed by atoms with Crippen LogP contribution in [0.3, 0.4) is 0 Å². The summed E-state index contributed by atoms with van der Waals surface area (Å²) in [5, 5.41) is 16.5. The van der Waals surface area contributed by atoms with Crippen molar-refractivity contribution in [2.45, 2.75) is 11.3 Å². The van der Waals surface area contributed by atoms with E-state index in [1.165, 1.54) is 12.1 Å². The highest BCUT2D eigenvalue weighted by atomic mass is 35.5. The fourth-order valence-corrected chi connectivity index (χ4v) is 3.19. The molecule has 0 atom stereocenters. The molecule has 0 unspecified atom stereocenters. The average molecular weight is 378 g/mol. The first-order chi connectivity index (χ1) is 11.8. The number of aromatic amines is 1. The molecule has 3 rings (SSSR count). The molecule has 0 aliphatic rings. The number of aliphatic imine (C=N–C) groups is 1. The van der Waals surface area contributed by atoms with Gasteiger partial charge in [-0.15, -0.1) is 0 Å². The van der Waals surface area contributed by atoms with E-state index in [2.05, 4.69) is 9.98 Å². The normalized spacial score (nSPS) is 12.2. The average Bonchev–Trinajstić information content (AvgIpc) is 2.85. The van der Waals surface area contributed by atoms with Gasteiger partial charge in [-0.1, -0.05) is 29.8 Å². The van der Waals surface area contributed by atoms with Gasteiger partial charge in [0.05, 0.1) is 16.0 Å². The summed E-state index contributed by atoms with van der Waals surface area (Å²) in [5.41, 5.74) is 2.29. The Bertz CT molecular complexity index is 1040. The first kappa shape index (κ1) is 17.5.